The average Bonchev–Trinajstić information content (AvgIpc) is 2.77. The molecule has 96 valence electrons. The summed E-state index contributed by atoms with van der Waals surface area (Å²) in [4.78, 5) is 4.34. The van der Waals surface area contributed by atoms with Crippen LogP contribution in [0.1, 0.15) is 24.7 Å². The summed E-state index contributed by atoms with van der Waals surface area (Å²) in [6.07, 6.45) is 4.89. The van der Waals surface area contributed by atoms with Gasteiger partial charge in [-0.2, -0.15) is 0 Å². The molecule has 0 atom stereocenters. The van der Waals surface area contributed by atoms with Crippen LogP contribution < -0.4 is 5.32 Å². The highest BCUT2D eigenvalue weighted by atomic mass is 16.3. The molecular formula is C14H19N3O. The van der Waals surface area contributed by atoms with Crippen LogP contribution in [0.5, 0.6) is 5.75 Å². The first-order chi connectivity index (χ1) is 8.79. The third-order valence-electron chi connectivity index (χ3n) is 2.78. The highest BCUT2D eigenvalue weighted by molar-refractivity contribution is 5.27. The van der Waals surface area contributed by atoms with E-state index in [1.54, 1.807) is 12.1 Å². The zero-order valence-electron chi connectivity index (χ0n) is 10.6. The Morgan fingerprint density at radius 3 is 3.06 bits per heavy atom. The van der Waals surface area contributed by atoms with Gasteiger partial charge in [0.1, 0.15) is 11.6 Å². The summed E-state index contributed by atoms with van der Waals surface area (Å²) < 4.78 is 2.09. The van der Waals surface area contributed by atoms with E-state index in [1.807, 2.05) is 24.5 Å². The molecule has 0 spiro atoms. The monoisotopic (exact) mass is 245 g/mol. The fraction of sp³-hybridized carbons (Fsp3) is 0.357. The topological polar surface area (TPSA) is 50.1 Å². The maximum Gasteiger partial charge on any atom is 0.122 e. The summed E-state index contributed by atoms with van der Waals surface area (Å²) in [7, 11) is 0. The van der Waals surface area contributed by atoms with Gasteiger partial charge in [-0.15, -0.1) is 0 Å². The van der Waals surface area contributed by atoms with Crippen LogP contribution in [0.15, 0.2) is 36.7 Å². The molecule has 0 saturated heterocycles. The van der Waals surface area contributed by atoms with E-state index in [9.17, 15) is 5.11 Å². The van der Waals surface area contributed by atoms with Crippen molar-refractivity contribution in [3.05, 3.63) is 48.0 Å². The number of nitrogens with zero attached hydrogens (tertiary/aromatic N) is 2. The first-order valence-corrected chi connectivity index (χ1v) is 6.28. The number of phenolic OH excluding ortho intramolecular Hbond substituents is 1. The van der Waals surface area contributed by atoms with Gasteiger partial charge in [0.2, 0.25) is 0 Å². The predicted octanol–water partition coefficient (Wildman–Crippen LogP) is 2.14. The third kappa shape index (κ3) is 3.34. The van der Waals surface area contributed by atoms with E-state index in [0.29, 0.717) is 5.75 Å². The SMILES string of the molecule is CCCNCc1nccn1Cc1cccc(O)c1. The number of aromatic nitrogens is 2. The van der Waals surface area contributed by atoms with Gasteiger partial charge in [0.15, 0.2) is 0 Å². The third-order valence-corrected chi connectivity index (χ3v) is 2.78. The molecule has 2 aromatic rings. The van der Waals surface area contributed by atoms with E-state index in [1.165, 1.54) is 0 Å². The fourth-order valence-corrected chi connectivity index (χ4v) is 1.88. The van der Waals surface area contributed by atoms with Crippen LogP contribution in [0.4, 0.5) is 0 Å². The molecule has 0 amide bonds. The Labute approximate surface area is 107 Å². The van der Waals surface area contributed by atoms with Gasteiger partial charge in [-0.1, -0.05) is 19.1 Å². The van der Waals surface area contributed by atoms with Crippen LogP contribution in [0.3, 0.4) is 0 Å². The van der Waals surface area contributed by atoms with E-state index >= 15 is 0 Å². The van der Waals surface area contributed by atoms with Gasteiger partial charge < -0.3 is 15.0 Å². The number of benzene rings is 1. The van der Waals surface area contributed by atoms with Crippen LogP contribution in [0.25, 0.3) is 0 Å². The number of hydrogen-bond acceptors (Lipinski definition) is 3. The highest BCUT2D eigenvalue weighted by Crippen LogP contribution is 2.12. The molecule has 1 aromatic carbocycles. The molecular weight excluding hydrogens is 226 g/mol. The van der Waals surface area contributed by atoms with Gasteiger partial charge in [-0.25, -0.2) is 4.98 Å². The smallest absolute Gasteiger partial charge is 0.122 e. The lowest BCUT2D eigenvalue weighted by atomic mass is 10.2. The van der Waals surface area contributed by atoms with E-state index in [-0.39, 0.29) is 0 Å². The minimum absolute atomic E-state index is 0.304. The van der Waals surface area contributed by atoms with Crippen molar-refractivity contribution in [1.29, 1.82) is 0 Å². The largest absolute Gasteiger partial charge is 0.508 e. The van der Waals surface area contributed by atoms with Crippen LogP contribution in [0, 0.1) is 0 Å². The summed E-state index contributed by atoms with van der Waals surface area (Å²) in [5.74, 6) is 1.32. The van der Waals surface area contributed by atoms with Crippen LogP contribution in [-0.4, -0.2) is 21.2 Å². The molecule has 1 heterocycles. The Hall–Kier alpha value is -1.81. The highest BCUT2D eigenvalue weighted by Gasteiger charge is 2.03. The summed E-state index contributed by atoms with van der Waals surface area (Å²) in [5.41, 5.74) is 1.07. The molecule has 0 saturated carbocycles. The van der Waals surface area contributed by atoms with Crippen molar-refractivity contribution in [3.8, 4) is 5.75 Å². The fourth-order valence-electron chi connectivity index (χ4n) is 1.88. The van der Waals surface area contributed by atoms with Crippen molar-refractivity contribution >= 4 is 0 Å². The summed E-state index contributed by atoms with van der Waals surface area (Å²) in [5, 5.41) is 12.8. The van der Waals surface area contributed by atoms with Crippen molar-refractivity contribution in [2.75, 3.05) is 6.54 Å². The molecule has 4 heteroatoms. The van der Waals surface area contributed by atoms with Gasteiger partial charge in [0.25, 0.3) is 0 Å². The van der Waals surface area contributed by atoms with E-state index < -0.39 is 0 Å². The maximum atomic E-state index is 9.45. The quantitative estimate of drug-likeness (QED) is 0.767. The molecule has 0 unspecified atom stereocenters. The Morgan fingerprint density at radius 1 is 1.39 bits per heavy atom. The minimum Gasteiger partial charge on any atom is -0.508 e. The van der Waals surface area contributed by atoms with Crippen LogP contribution in [-0.2, 0) is 13.1 Å². The number of nitrogens with one attached hydrogen (secondary N) is 1. The van der Waals surface area contributed by atoms with E-state index in [2.05, 4.69) is 21.8 Å². The molecule has 0 aliphatic carbocycles. The molecule has 0 fully saturated rings. The van der Waals surface area contributed by atoms with Crippen molar-refractivity contribution < 1.29 is 5.11 Å². The van der Waals surface area contributed by atoms with Gasteiger partial charge >= 0.3 is 0 Å². The molecule has 2 N–H and O–H groups in total. The van der Waals surface area contributed by atoms with Crippen molar-refractivity contribution in [3.63, 3.8) is 0 Å². The lowest BCUT2D eigenvalue weighted by Gasteiger charge is -2.09. The second kappa shape index (κ2) is 6.21. The van der Waals surface area contributed by atoms with Crippen molar-refractivity contribution in [1.82, 2.24) is 14.9 Å². The van der Waals surface area contributed by atoms with Gasteiger partial charge in [-0.05, 0) is 30.7 Å². The molecule has 0 radical (unpaired) electrons. The molecule has 18 heavy (non-hydrogen) atoms. The molecule has 1 aromatic heterocycles. The Balaban J connectivity index is 2.03. The predicted molar refractivity (Wildman–Crippen MR) is 71.4 cm³/mol. The van der Waals surface area contributed by atoms with E-state index in [4.69, 9.17) is 0 Å². The molecule has 2 rings (SSSR count). The number of aromatic hydroxyl groups is 1. The lowest BCUT2D eigenvalue weighted by molar-refractivity contribution is 0.474. The zero-order valence-corrected chi connectivity index (χ0v) is 10.6. The first kappa shape index (κ1) is 12.6. The van der Waals surface area contributed by atoms with Crippen LogP contribution >= 0.6 is 0 Å². The zero-order chi connectivity index (χ0) is 12.8. The minimum atomic E-state index is 0.304. The maximum absolute atomic E-state index is 9.45. The van der Waals surface area contributed by atoms with Crippen LogP contribution in [0.2, 0.25) is 0 Å². The standard InChI is InChI=1S/C14H19N3O/c1-2-6-15-10-14-16-7-8-17(14)11-12-4-3-5-13(18)9-12/h3-5,7-9,15,18H,2,6,10-11H2,1H3. The number of phenols is 1. The normalized spacial score (nSPS) is 10.7. The summed E-state index contributed by atoms with van der Waals surface area (Å²) in [6.45, 7) is 4.66. The number of imidazole rings is 1. The van der Waals surface area contributed by atoms with Gasteiger partial charge in [-0.3, -0.25) is 0 Å². The Bertz CT molecular complexity index is 493. The van der Waals surface area contributed by atoms with E-state index in [0.717, 1.165) is 37.4 Å². The summed E-state index contributed by atoms with van der Waals surface area (Å²) >= 11 is 0. The van der Waals surface area contributed by atoms with Crippen molar-refractivity contribution in [2.45, 2.75) is 26.4 Å². The number of rotatable bonds is 6. The second-order valence-corrected chi connectivity index (χ2v) is 4.32. The number of hydrogen-bond donors (Lipinski definition) is 2. The molecule has 0 aliphatic heterocycles. The molecule has 0 bridgehead atoms. The Kier molecular flexibility index (Phi) is 4.36. The lowest BCUT2D eigenvalue weighted by Crippen LogP contribution is -2.17. The van der Waals surface area contributed by atoms with Gasteiger partial charge in [0, 0.05) is 18.9 Å². The molecule has 4 nitrogen and oxygen atoms in total. The van der Waals surface area contributed by atoms with Crippen molar-refractivity contribution in [2.24, 2.45) is 0 Å². The second-order valence-electron chi connectivity index (χ2n) is 4.32. The first-order valence-electron chi connectivity index (χ1n) is 6.28. The summed E-state index contributed by atoms with van der Waals surface area (Å²) in [6, 6.07) is 7.32. The molecule has 0 aliphatic rings. The van der Waals surface area contributed by atoms with Gasteiger partial charge in [0.05, 0.1) is 6.54 Å². The Morgan fingerprint density at radius 2 is 2.28 bits per heavy atom. The average molecular weight is 245 g/mol.